The lowest BCUT2D eigenvalue weighted by molar-refractivity contribution is 0.00130. The number of aryl methyl sites for hydroxylation is 1. The van der Waals surface area contributed by atoms with E-state index in [-0.39, 0.29) is 58.0 Å². The van der Waals surface area contributed by atoms with Crippen LogP contribution in [0.1, 0.15) is 50.5 Å². The summed E-state index contributed by atoms with van der Waals surface area (Å²) in [6.45, 7) is 3.83. The number of anilines is 1. The minimum absolute atomic E-state index is 0.0243. The van der Waals surface area contributed by atoms with Crippen LogP contribution in [-0.2, 0) is 11.8 Å². The summed E-state index contributed by atoms with van der Waals surface area (Å²) in [5.74, 6) is 2.08. The number of ether oxygens (including phenoxy) is 2. The molecule has 4 saturated heterocycles. The largest absolute Gasteiger partial charge is 0.508 e. The fraction of sp³-hybridized carbons (Fsp3) is 0.500. The number of likely N-dealkylation sites (tertiary alicyclic amines) is 1. The number of piperazine rings is 1. The molecule has 4 aliphatic heterocycles. The van der Waals surface area contributed by atoms with E-state index in [0.29, 0.717) is 52.4 Å². The van der Waals surface area contributed by atoms with Crippen molar-refractivity contribution in [2.45, 2.75) is 74.8 Å². The molecule has 5 aliphatic rings. The van der Waals surface area contributed by atoms with Crippen molar-refractivity contribution < 1.29 is 27.8 Å². The summed E-state index contributed by atoms with van der Waals surface area (Å²) in [6, 6.07) is 6.40. The third-order valence-corrected chi connectivity index (χ3v) is 13.3. The van der Waals surface area contributed by atoms with E-state index < -0.39 is 23.3 Å². The summed E-state index contributed by atoms with van der Waals surface area (Å²) in [7, 11) is 3.53. The predicted octanol–water partition coefficient (Wildman–Crippen LogP) is 6.34. The molecule has 2 aromatic heterocycles. The molecule has 5 fully saturated rings. The fourth-order valence-electron chi connectivity index (χ4n) is 10.8. The van der Waals surface area contributed by atoms with E-state index in [1.54, 1.807) is 18.8 Å². The van der Waals surface area contributed by atoms with Crippen LogP contribution in [0.4, 0.5) is 19.0 Å². The van der Waals surface area contributed by atoms with Crippen LogP contribution in [0.5, 0.6) is 11.8 Å². The maximum atomic E-state index is 17.9. The lowest BCUT2D eigenvalue weighted by Crippen LogP contribution is -2.60. The molecule has 3 aromatic carbocycles. The van der Waals surface area contributed by atoms with Gasteiger partial charge in [0, 0.05) is 80.9 Å². The number of aromatic hydroxyl groups is 1. The van der Waals surface area contributed by atoms with Gasteiger partial charge in [-0.15, -0.1) is 6.42 Å². The zero-order valence-corrected chi connectivity index (χ0v) is 31.1. The van der Waals surface area contributed by atoms with E-state index in [1.807, 2.05) is 6.20 Å². The van der Waals surface area contributed by atoms with Gasteiger partial charge in [-0.05, 0) is 80.1 Å². The molecule has 1 aliphatic carbocycles. The summed E-state index contributed by atoms with van der Waals surface area (Å²) in [5, 5.41) is 17.6. The first kappa shape index (κ1) is 34.8. The van der Waals surface area contributed by atoms with Crippen molar-refractivity contribution in [3.63, 3.8) is 0 Å². The van der Waals surface area contributed by atoms with Gasteiger partial charge in [0.05, 0.1) is 23.1 Å². The highest BCUT2D eigenvalue weighted by atomic mass is 19.1. The Kier molecular flexibility index (Phi) is 8.21. The number of alkyl halides is 1. The smallest absolute Gasteiger partial charge is 0.319 e. The quantitative estimate of drug-likeness (QED) is 0.183. The Morgan fingerprint density at radius 1 is 1.04 bits per heavy atom. The third-order valence-electron chi connectivity index (χ3n) is 13.3. The van der Waals surface area contributed by atoms with Crippen LogP contribution in [0.25, 0.3) is 43.7 Å². The first-order chi connectivity index (χ1) is 26.7. The average molecular weight is 752 g/mol. The maximum absolute atomic E-state index is 17.9. The molecule has 2 unspecified atom stereocenters. The van der Waals surface area contributed by atoms with Crippen LogP contribution in [-0.4, -0.2) is 111 Å². The second-order valence-corrected chi connectivity index (χ2v) is 16.4. The van der Waals surface area contributed by atoms with E-state index >= 15 is 8.78 Å². The fourth-order valence-corrected chi connectivity index (χ4v) is 10.8. The highest BCUT2D eigenvalue weighted by molar-refractivity contribution is 6.18. The third kappa shape index (κ3) is 5.39. The van der Waals surface area contributed by atoms with Gasteiger partial charge in [0.25, 0.3) is 0 Å². The normalized spacial score (nSPS) is 28.0. The Hall–Kier alpha value is -4.64. The van der Waals surface area contributed by atoms with Gasteiger partial charge in [0.15, 0.2) is 5.82 Å². The number of hydrogen-bond donors (Lipinski definition) is 1. The number of hydrogen-bond acceptors (Lipinski definition) is 9. The van der Waals surface area contributed by atoms with Crippen LogP contribution < -0.4 is 9.64 Å². The summed E-state index contributed by atoms with van der Waals surface area (Å²) in [5.41, 5.74) is 0.0848. The molecule has 10 nitrogen and oxygen atoms in total. The molecule has 286 valence electrons. The van der Waals surface area contributed by atoms with E-state index in [0.717, 1.165) is 64.8 Å². The first-order valence-electron chi connectivity index (χ1n) is 19.5. The van der Waals surface area contributed by atoms with Gasteiger partial charge in [-0.2, -0.15) is 15.1 Å². The van der Waals surface area contributed by atoms with Crippen LogP contribution >= 0.6 is 0 Å². The number of rotatable bonds is 8. The number of phenolic OH excluding ortho intramolecular Hbond substituents is 1. The molecule has 6 heterocycles. The number of halogens is 3. The molecule has 1 N–H and O–H groups in total. The number of fused-ring (bicyclic) bond motifs is 7. The van der Waals surface area contributed by atoms with Gasteiger partial charge in [-0.1, -0.05) is 12.0 Å². The molecule has 0 spiro atoms. The Morgan fingerprint density at radius 2 is 1.85 bits per heavy atom. The molecule has 10 rings (SSSR count). The van der Waals surface area contributed by atoms with Crippen molar-refractivity contribution in [2.75, 3.05) is 51.4 Å². The molecule has 0 radical (unpaired) electrons. The molecule has 0 amide bonds. The van der Waals surface area contributed by atoms with Crippen molar-refractivity contribution >= 4 is 38.4 Å². The van der Waals surface area contributed by atoms with E-state index in [1.165, 1.54) is 24.3 Å². The zero-order chi connectivity index (χ0) is 37.7. The average Bonchev–Trinajstić information content (AvgIpc) is 3.88. The number of benzene rings is 3. The number of aromatic nitrogens is 4. The summed E-state index contributed by atoms with van der Waals surface area (Å²) in [6.07, 6.45) is 13.1. The standard InChI is InChI=1S/C42H44F3N7O3/c1-4-29-32(44)10-6-23-14-28(53)15-30(34(23)29)35-37(45)39-36(31-20-49(2)48-38(31)35)40(47-41(46-39)55-22-42-12-5-13-51(42)17-25(43)16-42)52-26-8-9-27(52)19-50(18-26)33-11-7-24(33)21-54-3/h1,6,10,14-15,20,24-27,33,53H,5,7-9,11-13,16-19,21-22H2,2-3H3/t24?,25-,26-,27+,33?,42+/m1/s1. The Balaban J connectivity index is 1.17. The molecule has 1 saturated carbocycles. The predicted molar refractivity (Wildman–Crippen MR) is 204 cm³/mol. The Morgan fingerprint density at radius 3 is 2.60 bits per heavy atom. The van der Waals surface area contributed by atoms with Crippen LogP contribution in [0, 0.1) is 29.9 Å². The molecular formula is C42H44F3N7O3. The molecule has 13 heteroatoms. The van der Waals surface area contributed by atoms with Crippen LogP contribution in [0.3, 0.4) is 0 Å². The van der Waals surface area contributed by atoms with Crippen molar-refractivity contribution in [1.82, 2.24) is 29.5 Å². The van der Waals surface area contributed by atoms with Gasteiger partial charge >= 0.3 is 6.01 Å². The molecule has 2 bridgehead atoms. The van der Waals surface area contributed by atoms with Gasteiger partial charge in [-0.3, -0.25) is 14.5 Å². The van der Waals surface area contributed by atoms with Crippen LogP contribution in [0.15, 0.2) is 30.5 Å². The highest BCUT2D eigenvalue weighted by Crippen LogP contribution is 2.48. The second-order valence-electron chi connectivity index (χ2n) is 16.4. The summed E-state index contributed by atoms with van der Waals surface area (Å²) in [4.78, 5) is 17.1. The van der Waals surface area contributed by atoms with Gasteiger partial charge in [-0.25, -0.2) is 13.2 Å². The molecular weight excluding hydrogens is 708 g/mol. The number of methoxy groups -OCH3 is 1. The van der Waals surface area contributed by atoms with Crippen LogP contribution in [0.2, 0.25) is 0 Å². The van der Waals surface area contributed by atoms with Crippen molar-refractivity contribution in [3.8, 4) is 35.2 Å². The zero-order valence-electron chi connectivity index (χ0n) is 31.1. The van der Waals surface area contributed by atoms with Crippen molar-refractivity contribution in [1.29, 1.82) is 0 Å². The lowest BCUT2D eigenvalue weighted by atomic mass is 9.78. The topological polar surface area (TPSA) is 92.0 Å². The SMILES string of the molecule is C#Cc1c(F)ccc2cc(O)cc(-c3c(F)c4nc(OC[C@@]56CCCN5C[C@H](F)C6)nc(N5[C@@H]6CC[C@H]5CN(C5CCC5COC)C6)c4c4cn(C)nc34)c12. The van der Waals surface area contributed by atoms with Gasteiger partial charge in [0.2, 0.25) is 0 Å². The molecule has 55 heavy (non-hydrogen) atoms. The van der Waals surface area contributed by atoms with E-state index in [4.69, 9.17) is 31.0 Å². The Bertz CT molecular complexity index is 2400. The van der Waals surface area contributed by atoms with Gasteiger partial charge < -0.3 is 19.5 Å². The Labute approximate surface area is 317 Å². The summed E-state index contributed by atoms with van der Waals surface area (Å²) < 4.78 is 61.5. The van der Waals surface area contributed by atoms with E-state index in [2.05, 4.69) is 20.6 Å². The number of phenols is 1. The number of nitrogens with zero attached hydrogens (tertiary/aromatic N) is 7. The lowest BCUT2D eigenvalue weighted by Gasteiger charge is -2.50. The molecule has 5 aromatic rings. The second kappa shape index (κ2) is 13.0. The minimum Gasteiger partial charge on any atom is -0.508 e. The first-order valence-corrected chi connectivity index (χ1v) is 19.5. The molecule has 6 atom stereocenters. The van der Waals surface area contributed by atoms with Crippen molar-refractivity contribution in [2.24, 2.45) is 13.0 Å². The highest BCUT2D eigenvalue weighted by Gasteiger charge is 2.50. The van der Waals surface area contributed by atoms with E-state index in [9.17, 15) is 9.50 Å². The maximum Gasteiger partial charge on any atom is 0.319 e. The number of terminal acetylenes is 1. The van der Waals surface area contributed by atoms with Gasteiger partial charge in [0.1, 0.15) is 41.2 Å². The monoisotopic (exact) mass is 751 g/mol. The summed E-state index contributed by atoms with van der Waals surface area (Å²) >= 11 is 0. The van der Waals surface area contributed by atoms with Crippen molar-refractivity contribution in [3.05, 3.63) is 47.7 Å². The minimum atomic E-state index is -0.934.